The first-order valence-corrected chi connectivity index (χ1v) is 6.62. The smallest absolute Gasteiger partial charge is 0.322 e. The van der Waals surface area contributed by atoms with Crippen LogP contribution >= 0.6 is 0 Å². The van der Waals surface area contributed by atoms with Gasteiger partial charge in [0.2, 0.25) is 11.9 Å². The molecule has 100 valence electrons. The van der Waals surface area contributed by atoms with E-state index in [1.54, 1.807) is 7.11 Å². The highest BCUT2D eigenvalue weighted by molar-refractivity contribution is 5.38. The second-order valence-corrected chi connectivity index (χ2v) is 4.42. The Hall–Kier alpha value is -1.59. The molecule has 1 saturated heterocycles. The van der Waals surface area contributed by atoms with E-state index < -0.39 is 0 Å². The fraction of sp³-hybridized carbons (Fsp3) is 0.750. The summed E-state index contributed by atoms with van der Waals surface area (Å²) in [5.41, 5.74) is 0. The van der Waals surface area contributed by atoms with Gasteiger partial charge in [-0.1, -0.05) is 6.92 Å². The summed E-state index contributed by atoms with van der Waals surface area (Å²) in [4.78, 5) is 15.2. The van der Waals surface area contributed by atoms with Crippen molar-refractivity contribution >= 4 is 11.9 Å². The van der Waals surface area contributed by atoms with Gasteiger partial charge in [-0.2, -0.15) is 15.0 Å². The van der Waals surface area contributed by atoms with E-state index in [1.807, 2.05) is 0 Å². The van der Waals surface area contributed by atoms with Gasteiger partial charge in [0.05, 0.1) is 7.11 Å². The number of rotatable bonds is 5. The average molecular weight is 251 g/mol. The summed E-state index contributed by atoms with van der Waals surface area (Å²) in [5, 5.41) is 3.18. The van der Waals surface area contributed by atoms with Crippen LogP contribution < -0.4 is 15.0 Å². The average Bonchev–Trinajstić information content (AvgIpc) is 2.45. The molecule has 1 aromatic rings. The van der Waals surface area contributed by atoms with Crippen LogP contribution in [-0.4, -0.2) is 41.7 Å². The summed E-state index contributed by atoms with van der Waals surface area (Å²) in [7, 11) is 1.58. The molecule has 6 nitrogen and oxygen atoms in total. The maximum absolute atomic E-state index is 5.14. The first-order chi connectivity index (χ1) is 8.83. The number of ether oxygens (including phenoxy) is 1. The van der Waals surface area contributed by atoms with E-state index >= 15 is 0 Å². The van der Waals surface area contributed by atoms with Crippen LogP contribution in [0.15, 0.2) is 0 Å². The standard InChI is InChI=1S/C12H21N5O/c1-3-7-13-10-14-11(16-12(15-10)18-2)17-8-5-4-6-9-17/h3-9H2,1-2H3,(H,13,14,15,16). The van der Waals surface area contributed by atoms with E-state index in [-0.39, 0.29) is 0 Å². The van der Waals surface area contributed by atoms with Crippen molar-refractivity contribution in [3.63, 3.8) is 0 Å². The van der Waals surface area contributed by atoms with Crippen molar-refractivity contribution in [1.29, 1.82) is 0 Å². The van der Waals surface area contributed by atoms with Crippen LogP contribution in [0.25, 0.3) is 0 Å². The highest BCUT2D eigenvalue weighted by Crippen LogP contribution is 2.19. The van der Waals surface area contributed by atoms with Crippen LogP contribution in [0.2, 0.25) is 0 Å². The number of methoxy groups -OCH3 is 1. The van der Waals surface area contributed by atoms with E-state index in [0.29, 0.717) is 12.0 Å². The second-order valence-electron chi connectivity index (χ2n) is 4.42. The van der Waals surface area contributed by atoms with E-state index in [2.05, 4.69) is 32.1 Å². The molecule has 2 heterocycles. The van der Waals surface area contributed by atoms with Crippen LogP contribution in [0.5, 0.6) is 6.01 Å². The molecule has 0 saturated carbocycles. The summed E-state index contributed by atoms with van der Waals surface area (Å²) in [5.74, 6) is 1.32. The minimum atomic E-state index is 0.379. The lowest BCUT2D eigenvalue weighted by Gasteiger charge is -2.26. The number of aromatic nitrogens is 3. The summed E-state index contributed by atoms with van der Waals surface area (Å²) in [6, 6.07) is 0.379. The number of anilines is 2. The van der Waals surface area contributed by atoms with Gasteiger partial charge in [-0.25, -0.2) is 0 Å². The number of hydrogen-bond donors (Lipinski definition) is 1. The minimum Gasteiger partial charge on any atom is -0.467 e. The maximum Gasteiger partial charge on any atom is 0.322 e. The third-order valence-electron chi connectivity index (χ3n) is 2.96. The van der Waals surface area contributed by atoms with Crippen molar-refractivity contribution in [2.24, 2.45) is 0 Å². The Balaban J connectivity index is 2.16. The first-order valence-electron chi connectivity index (χ1n) is 6.62. The maximum atomic E-state index is 5.14. The quantitative estimate of drug-likeness (QED) is 0.859. The Morgan fingerprint density at radius 2 is 1.94 bits per heavy atom. The second kappa shape index (κ2) is 6.37. The van der Waals surface area contributed by atoms with Crippen molar-refractivity contribution in [2.75, 3.05) is 37.0 Å². The van der Waals surface area contributed by atoms with Crippen molar-refractivity contribution in [1.82, 2.24) is 15.0 Å². The Bertz CT molecular complexity index is 379. The highest BCUT2D eigenvalue weighted by Gasteiger charge is 2.16. The minimum absolute atomic E-state index is 0.379. The van der Waals surface area contributed by atoms with Crippen LogP contribution in [-0.2, 0) is 0 Å². The fourth-order valence-corrected chi connectivity index (χ4v) is 1.99. The van der Waals surface area contributed by atoms with Gasteiger partial charge in [-0.05, 0) is 25.7 Å². The zero-order chi connectivity index (χ0) is 12.8. The molecule has 1 N–H and O–H groups in total. The normalized spacial score (nSPS) is 15.6. The van der Waals surface area contributed by atoms with E-state index in [0.717, 1.165) is 32.0 Å². The Kier molecular flexibility index (Phi) is 4.55. The number of nitrogens with zero attached hydrogens (tertiary/aromatic N) is 4. The SMILES string of the molecule is CCCNc1nc(OC)nc(N2CCCCC2)n1. The summed E-state index contributed by atoms with van der Waals surface area (Å²) in [6.07, 6.45) is 4.73. The van der Waals surface area contributed by atoms with E-state index in [9.17, 15) is 0 Å². The Labute approximate surface area is 108 Å². The summed E-state index contributed by atoms with van der Waals surface area (Å²) < 4.78 is 5.14. The predicted octanol–water partition coefficient (Wildman–Crippen LogP) is 1.69. The van der Waals surface area contributed by atoms with Gasteiger partial charge in [0.15, 0.2) is 0 Å². The van der Waals surface area contributed by atoms with Crippen LogP contribution in [0.4, 0.5) is 11.9 Å². The molecule has 1 aliphatic rings. The molecule has 2 rings (SSSR count). The van der Waals surface area contributed by atoms with Gasteiger partial charge < -0.3 is 15.0 Å². The summed E-state index contributed by atoms with van der Waals surface area (Å²) >= 11 is 0. The molecular formula is C12H21N5O. The highest BCUT2D eigenvalue weighted by atomic mass is 16.5. The molecule has 0 atom stereocenters. The van der Waals surface area contributed by atoms with Crippen molar-refractivity contribution in [2.45, 2.75) is 32.6 Å². The van der Waals surface area contributed by atoms with Gasteiger partial charge >= 0.3 is 6.01 Å². The Morgan fingerprint density at radius 1 is 1.17 bits per heavy atom. The van der Waals surface area contributed by atoms with Gasteiger partial charge in [0.25, 0.3) is 0 Å². The van der Waals surface area contributed by atoms with Crippen LogP contribution in [0.1, 0.15) is 32.6 Å². The lowest BCUT2D eigenvalue weighted by atomic mass is 10.1. The van der Waals surface area contributed by atoms with Crippen molar-refractivity contribution < 1.29 is 4.74 Å². The molecule has 1 aliphatic heterocycles. The third kappa shape index (κ3) is 3.21. The third-order valence-corrected chi connectivity index (χ3v) is 2.96. The van der Waals surface area contributed by atoms with Crippen LogP contribution in [0, 0.1) is 0 Å². The van der Waals surface area contributed by atoms with Gasteiger partial charge in [0.1, 0.15) is 0 Å². The molecule has 1 aromatic heterocycles. The monoisotopic (exact) mass is 251 g/mol. The molecule has 0 spiro atoms. The van der Waals surface area contributed by atoms with E-state index in [4.69, 9.17) is 4.74 Å². The fourth-order valence-electron chi connectivity index (χ4n) is 1.99. The molecule has 0 radical (unpaired) electrons. The van der Waals surface area contributed by atoms with Crippen molar-refractivity contribution in [3.05, 3.63) is 0 Å². The molecule has 6 heteroatoms. The van der Waals surface area contributed by atoms with Gasteiger partial charge in [0, 0.05) is 19.6 Å². The largest absolute Gasteiger partial charge is 0.467 e. The zero-order valence-corrected chi connectivity index (χ0v) is 11.1. The molecule has 0 amide bonds. The number of hydrogen-bond acceptors (Lipinski definition) is 6. The first kappa shape index (κ1) is 12.9. The lowest BCUT2D eigenvalue weighted by molar-refractivity contribution is 0.378. The Morgan fingerprint density at radius 3 is 2.61 bits per heavy atom. The van der Waals surface area contributed by atoms with Gasteiger partial charge in [-0.3, -0.25) is 0 Å². The number of piperidine rings is 1. The molecule has 1 fully saturated rings. The molecule has 0 bridgehead atoms. The van der Waals surface area contributed by atoms with Crippen LogP contribution in [0.3, 0.4) is 0 Å². The summed E-state index contributed by atoms with van der Waals surface area (Å²) in [6.45, 7) is 4.99. The predicted molar refractivity (Wildman–Crippen MR) is 71.2 cm³/mol. The molecule has 18 heavy (non-hydrogen) atoms. The molecule has 0 unspecified atom stereocenters. The topological polar surface area (TPSA) is 63.2 Å². The van der Waals surface area contributed by atoms with Gasteiger partial charge in [-0.15, -0.1) is 0 Å². The zero-order valence-electron chi connectivity index (χ0n) is 11.1. The lowest BCUT2D eigenvalue weighted by Crippen LogP contribution is -2.31. The van der Waals surface area contributed by atoms with E-state index in [1.165, 1.54) is 19.3 Å². The number of nitrogens with one attached hydrogen (secondary N) is 1. The molecule has 0 aromatic carbocycles. The molecular weight excluding hydrogens is 230 g/mol. The molecule has 0 aliphatic carbocycles. The van der Waals surface area contributed by atoms with Crippen molar-refractivity contribution in [3.8, 4) is 6.01 Å².